The second-order valence-electron chi connectivity index (χ2n) is 5.32. The number of fused-ring (bicyclic) bond motifs is 3. The van der Waals surface area contributed by atoms with Crippen molar-refractivity contribution in [1.29, 1.82) is 0 Å². The number of hydrogen-bond donors (Lipinski definition) is 2. The fourth-order valence-corrected chi connectivity index (χ4v) is 2.84. The average molecular weight is 304 g/mol. The zero-order chi connectivity index (χ0) is 15.8. The zero-order valence-corrected chi connectivity index (χ0v) is 12.7. The first-order valence-corrected chi connectivity index (χ1v) is 7.39. The van der Waals surface area contributed by atoms with Crippen LogP contribution in [0.25, 0.3) is 16.6 Å². The van der Waals surface area contributed by atoms with Gasteiger partial charge in [-0.05, 0) is 23.8 Å². The number of nitrogens with one attached hydrogen (secondary N) is 1. The van der Waals surface area contributed by atoms with Gasteiger partial charge in [-0.1, -0.05) is 24.3 Å². The van der Waals surface area contributed by atoms with Crippen molar-refractivity contribution in [2.75, 3.05) is 13.6 Å². The lowest BCUT2D eigenvalue weighted by molar-refractivity contribution is 0.541. The summed E-state index contributed by atoms with van der Waals surface area (Å²) < 4.78 is 0. The van der Waals surface area contributed by atoms with E-state index in [1.54, 1.807) is 7.05 Å². The van der Waals surface area contributed by atoms with Crippen LogP contribution in [0.1, 0.15) is 5.69 Å². The summed E-state index contributed by atoms with van der Waals surface area (Å²) in [6.07, 6.45) is 8.18. The van der Waals surface area contributed by atoms with Gasteiger partial charge >= 0.3 is 0 Å². The highest BCUT2D eigenvalue weighted by Gasteiger charge is 2.27. The van der Waals surface area contributed by atoms with Crippen LogP contribution in [0.15, 0.2) is 75.9 Å². The Morgan fingerprint density at radius 3 is 3.00 bits per heavy atom. The van der Waals surface area contributed by atoms with Crippen molar-refractivity contribution in [2.24, 2.45) is 16.0 Å². The molecule has 23 heavy (non-hydrogen) atoms. The van der Waals surface area contributed by atoms with Crippen molar-refractivity contribution in [3.8, 4) is 0 Å². The fourth-order valence-electron chi connectivity index (χ4n) is 2.84. The average Bonchev–Trinajstić information content (AvgIpc) is 3.02. The summed E-state index contributed by atoms with van der Waals surface area (Å²) in [5.41, 5.74) is 11.6. The van der Waals surface area contributed by atoms with Crippen LogP contribution in [0.3, 0.4) is 0 Å². The molecule has 0 amide bonds. The number of aromatic nitrogens is 2. The van der Waals surface area contributed by atoms with E-state index in [1.807, 2.05) is 30.5 Å². The Labute approximate surface area is 133 Å². The summed E-state index contributed by atoms with van der Waals surface area (Å²) in [5.74, 6) is 0. The minimum Gasteiger partial charge on any atom is -0.326 e. The topological polar surface area (TPSA) is 82.7 Å². The molecular formula is C17H16N6. The number of hydrogen-bond acceptors (Lipinski definition) is 5. The summed E-state index contributed by atoms with van der Waals surface area (Å²) in [6.45, 7) is 0.510. The molecule has 0 spiro atoms. The summed E-state index contributed by atoms with van der Waals surface area (Å²) in [4.78, 5) is 2.08. The summed E-state index contributed by atoms with van der Waals surface area (Å²) in [6, 6.07) is 7.97. The van der Waals surface area contributed by atoms with E-state index < -0.39 is 0 Å². The molecule has 2 aromatic rings. The molecule has 0 saturated carbocycles. The minimum absolute atomic E-state index is 0.510. The van der Waals surface area contributed by atoms with Crippen LogP contribution in [0.5, 0.6) is 0 Å². The Hall–Kier alpha value is -2.99. The first-order valence-electron chi connectivity index (χ1n) is 7.39. The Bertz CT molecular complexity index is 923. The standard InChI is InChI=1S/C17H16N6/c1-19-20-15(17-13-4-2-3-5-14(13)21-22-17)10-23-12-7-6-11(9-18)16(23)8-12/h2-8,10H,9,18H2,1H3,(H,21,22)/b15-10-,20-19-. The maximum atomic E-state index is 5.79. The van der Waals surface area contributed by atoms with Gasteiger partial charge in [-0.2, -0.15) is 15.3 Å². The molecule has 0 radical (unpaired) electrons. The molecule has 1 aromatic carbocycles. The highest BCUT2D eigenvalue weighted by molar-refractivity contribution is 5.90. The molecule has 2 aliphatic rings. The molecule has 0 atom stereocenters. The minimum atomic E-state index is 0.510. The molecule has 0 fully saturated rings. The number of nitrogens with two attached hydrogens (primary N) is 1. The normalized spacial score (nSPS) is 17.2. The SMILES string of the molecule is C/N=N\C(=C/N1C2=CC=C(CN)C1=C2)c1n[nH]c2ccccc12. The van der Waals surface area contributed by atoms with Crippen molar-refractivity contribution < 1.29 is 0 Å². The van der Waals surface area contributed by atoms with Gasteiger partial charge in [0.1, 0.15) is 11.4 Å². The van der Waals surface area contributed by atoms with E-state index in [0.29, 0.717) is 12.2 Å². The van der Waals surface area contributed by atoms with E-state index in [1.165, 1.54) is 0 Å². The van der Waals surface area contributed by atoms with Gasteiger partial charge in [0.2, 0.25) is 0 Å². The Balaban J connectivity index is 1.77. The smallest absolute Gasteiger partial charge is 0.130 e. The molecule has 0 unspecified atom stereocenters. The van der Waals surface area contributed by atoms with E-state index in [2.05, 4.69) is 43.6 Å². The predicted octanol–water partition coefficient (Wildman–Crippen LogP) is 2.93. The summed E-state index contributed by atoms with van der Waals surface area (Å²) >= 11 is 0. The molecule has 4 rings (SSSR count). The van der Waals surface area contributed by atoms with Gasteiger partial charge in [0.05, 0.1) is 11.2 Å². The molecule has 3 heterocycles. The van der Waals surface area contributed by atoms with E-state index in [0.717, 1.165) is 33.6 Å². The van der Waals surface area contributed by atoms with Crippen molar-refractivity contribution in [1.82, 2.24) is 15.1 Å². The maximum Gasteiger partial charge on any atom is 0.130 e. The van der Waals surface area contributed by atoms with Crippen molar-refractivity contribution >= 4 is 16.6 Å². The second-order valence-corrected chi connectivity index (χ2v) is 5.32. The van der Waals surface area contributed by atoms with Crippen LogP contribution in [0.2, 0.25) is 0 Å². The predicted molar refractivity (Wildman–Crippen MR) is 90.0 cm³/mol. The molecule has 114 valence electrons. The van der Waals surface area contributed by atoms with E-state index >= 15 is 0 Å². The molecular weight excluding hydrogens is 288 g/mol. The third kappa shape index (κ3) is 2.11. The number of aromatic amines is 1. The molecule has 0 aliphatic carbocycles. The number of rotatable bonds is 4. The number of H-pyrrole nitrogens is 1. The van der Waals surface area contributed by atoms with Gasteiger partial charge < -0.3 is 10.6 Å². The molecule has 6 heteroatoms. The molecule has 0 saturated heterocycles. The number of azo groups is 1. The fraction of sp³-hybridized carbons (Fsp3) is 0.118. The number of para-hydroxylation sites is 1. The van der Waals surface area contributed by atoms with Crippen molar-refractivity contribution in [2.45, 2.75) is 0 Å². The van der Waals surface area contributed by atoms with Crippen molar-refractivity contribution in [3.05, 3.63) is 71.4 Å². The Morgan fingerprint density at radius 2 is 2.22 bits per heavy atom. The zero-order valence-electron chi connectivity index (χ0n) is 12.7. The van der Waals surface area contributed by atoms with Gasteiger partial charge in [-0.3, -0.25) is 5.10 Å². The molecule has 3 N–H and O–H groups in total. The van der Waals surface area contributed by atoms with E-state index in [4.69, 9.17) is 5.73 Å². The molecule has 6 nitrogen and oxygen atoms in total. The lowest BCUT2D eigenvalue weighted by atomic mass is 9.97. The second kappa shape index (κ2) is 5.33. The lowest BCUT2D eigenvalue weighted by Crippen LogP contribution is -2.30. The number of nitrogens with zero attached hydrogens (tertiary/aromatic N) is 4. The van der Waals surface area contributed by atoms with Crippen LogP contribution < -0.4 is 5.73 Å². The highest BCUT2D eigenvalue weighted by atomic mass is 15.2. The summed E-state index contributed by atoms with van der Waals surface area (Å²) in [5, 5.41) is 16.7. The van der Waals surface area contributed by atoms with Crippen molar-refractivity contribution in [3.63, 3.8) is 0 Å². The lowest BCUT2D eigenvalue weighted by Gasteiger charge is -2.37. The largest absolute Gasteiger partial charge is 0.326 e. The van der Waals surface area contributed by atoms with Crippen LogP contribution in [-0.4, -0.2) is 28.7 Å². The first-order chi connectivity index (χ1) is 11.3. The molecule has 1 aromatic heterocycles. The Morgan fingerprint density at radius 1 is 1.35 bits per heavy atom. The molecule has 2 bridgehead atoms. The number of allylic oxidation sites excluding steroid dienone is 3. The monoisotopic (exact) mass is 304 g/mol. The van der Waals surface area contributed by atoms with Gasteiger partial charge in [0.15, 0.2) is 0 Å². The third-order valence-corrected chi connectivity index (χ3v) is 4.00. The van der Waals surface area contributed by atoms with Gasteiger partial charge in [0.25, 0.3) is 0 Å². The highest BCUT2D eigenvalue weighted by Crippen LogP contribution is 2.37. The van der Waals surface area contributed by atoms with E-state index in [-0.39, 0.29) is 0 Å². The van der Waals surface area contributed by atoms with Crippen LogP contribution >= 0.6 is 0 Å². The van der Waals surface area contributed by atoms with Crippen LogP contribution in [0, 0.1) is 0 Å². The third-order valence-electron chi connectivity index (χ3n) is 4.00. The summed E-state index contributed by atoms with van der Waals surface area (Å²) in [7, 11) is 1.66. The van der Waals surface area contributed by atoms with Gasteiger partial charge in [-0.15, -0.1) is 0 Å². The van der Waals surface area contributed by atoms with E-state index in [9.17, 15) is 0 Å². The Kier molecular flexibility index (Phi) is 3.17. The quantitative estimate of drug-likeness (QED) is 0.852. The first kappa shape index (κ1) is 13.7. The number of benzene rings is 1. The van der Waals surface area contributed by atoms with Crippen LogP contribution in [-0.2, 0) is 0 Å². The van der Waals surface area contributed by atoms with Gasteiger partial charge in [-0.25, -0.2) is 0 Å². The van der Waals surface area contributed by atoms with Crippen LogP contribution in [0.4, 0.5) is 0 Å². The molecule has 2 aliphatic heterocycles. The maximum absolute atomic E-state index is 5.79. The van der Waals surface area contributed by atoms with Gasteiger partial charge in [0, 0.05) is 30.9 Å².